The molecule has 1 fully saturated rings. The Labute approximate surface area is 120 Å². The van der Waals surface area contributed by atoms with Gasteiger partial charge in [-0.05, 0) is 32.0 Å². The quantitative estimate of drug-likeness (QED) is 0.806. The number of benzene rings is 1. The number of thioether (sulfide) groups is 1. The van der Waals surface area contributed by atoms with E-state index in [0.29, 0.717) is 11.3 Å². The molecule has 1 amide bonds. The van der Waals surface area contributed by atoms with E-state index in [-0.39, 0.29) is 10.7 Å². The Balaban J connectivity index is 2.20. The van der Waals surface area contributed by atoms with Gasteiger partial charge >= 0.3 is 0 Å². The lowest BCUT2D eigenvalue weighted by Crippen LogP contribution is -2.46. The van der Waals surface area contributed by atoms with E-state index >= 15 is 0 Å². The second kappa shape index (κ2) is 5.13. The van der Waals surface area contributed by atoms with Crippen molar-refractivity contribution < 1.29 is 4.79 Å². The van der Waals surface area contributed by atoms with Crippen LogP contribution >= 0.6 is 27.7 Å². The van der Waals surface area contributed by atoms with Crippen LogP contribution in [-0.2, 0) is 0 Å². The molecule has 5 heteroatoms. The van der Waals surface area contributed by atoms with Crippen LogP contribution < -0.4 is 5.73 Å². The zero-order valence-corrected chi connectivity index (χ0v) is 13.0. The number of nitrogen functional groups attached to an aromatic ring is 1. The summed E-state index contributed by atoms with van der Waals surface area (Å²) in [5, 5.41) is 0. The summed E-state index contributed by atoms with van der Waals surface area (Å²) in [4.78, 5) is 14.3. The molecule has 3 nitrogen and oxygen atoms in total. The number of amides is 1. The summed E-state index contributed by atoms with van der Waals surface area (Å²) in [7, 11) is 0. The molecule has 2 rings (SSSR count). The highest BCUT2D eigenvalue weighted by Gasteiger charge is 2.30. The Hall–Kier alpha value is -0.680. The van der Waals surface area contributed by atoms with Crippen LogP contribution in [0.1, 0.15) is 24.2 Å². The van der Waals surface area contributed by atoms with Crippen LogP contribution in [0.25, 0.3) is 0 Å². The predicted molar refractivity (Wildman–Crippen MR) is 81.0 cm³/mol. The van der Waals surface area contributed by atoms with Crippen molar-refractivity contribution in [2.24, 2.45) is 0 Å². The standard InChI is InChI=1S/C13H17BrN2OS/c1-13(2)8-16(3-4-18-13)12(17)9-5-10(14)7-11(15)6-9/h5-7H,3-4,8,15H2,1-2H3. The fraction of sp³-hybridized carbons (Fsp3) is 0.462. The van der Waals surface area contributed by atoms with E-state index < -0.39 is 0 Å². The van der Waals surface area contributed by atoms with Gasteiger partial charge in [0, 0.05) is 39.3 Å². The van der Waals surface area contributed by atoms with Crippen LogP contribution in [0, 0.1) is 0 Å². The topological polar surface area (TPSA) is 46.3 Å². The van der Waals surface area contributed by atoms with E-state index in [1.54, 1.807) is 12.1 Å². The SMILES string of the molecule is CC1(C)CN(C(=O)c2cc(N)cc(Br)c2)CCS1. The number of hydrogen-bond acceptors (Lipinski definition) is 3. The number of nitrogens with zero attached hydrogens (tertiary/aromatic N) is 1. The van der Waals surface area contributed by atoms with E-state index in [4.69, 9.17) is 5.73 Å². The lowest BCUT2D eigenvalue weighted by Gasteiger charge is -2.37. The second-order valence-corrected chi connectivity index (χ2v) is 7.83. The number of halogens is 1. The fourth-order valence-electron chi connectivity index (χ4n) is 2.11. The molecule has 1 heterocycles. The van der Waals surface area contributed by atoms with Gasteiger partial charge < -0.3 is 10.6 Å². The maximum absolute atomic E-state index is 12.4. The van der Waals surface area contributed by atoms with Crippen molar-refractivity contribution in [1.82, 2.24) is 4.90 Å². The summed E-state index contributed by atoms with van der Waals surface area (Å²) in [5.41, 5.74) is 7.04. The Bertz CT molecular complexity index is 456. The van der Waals surface area contributed by atoms with Crippen molar-refractivity contribution in [3.63, 3.8) is 0 Å². The van der Waals surface area contributed by atoms with Crippen molar-refractivity contribution in [1.29, 1.82) is 0 Å². The van der Waals surface area contributed by atoms with Gasteiger partial charge in [0.15, 0.2) is 0 Å². The first kappa shape index (κ1) is 13.7. The smallest absolute Gasteiger partial charge is 0.254 e. The Morgan fingerprint density at radius 3 is 2.78 bits per heavy atom. The minimum absolute atomic E-state index is 0.0661. The maximum atomic E-state index is 12.4. The first-order valence-corrected chi connectivity index (χ1v) is 7.64. The number of anilines is 1. The van der Waals surface area contributed by atoms with Gasteiger partial charge in [0.1, 0.15) is 0 Å². The van der Waals surface area contributed by atoms with Gasteiger partial charge in [-0.1, -0.05) is 15.9 Å². The molecule has 2 N–H and O–H groups in total. The van der Waals surface area contributed by atoms with Crippen LogP contribution in [0.5, 0.6) is 0 Å². The maximum Gasteiger partial charge on any atom is 0.254 e. The largest absolute Gasteiger partial charge is 0.399 e. The molecule has 18 heavy (non-hydrogen) atoms. The third-order valence-corrected chi connectivity index (χ3v) is 4.64. The van der Waals surface area contributed by atoms with Crippen molar-refractivity contribution in [2.75, 3.05) is 24.6 Å². The van der Waals surface area contributed by atoms with E-state index in [1.165, 1.54) is 0 Å². The highest BCUT2D eigenvalue weighted by molar-refractivity contribution is 9.10. The van der Waals surface area contributed by atoms with E-state index in [1.807, 2.05) is 22.7 Å². The third-order valence-electron chi connectivity index (χ3n) is 2.88. The molecular weight excluding hydrogens is 312 g/mol. The molecule has 1 aromatic rings. The molecule has 1 aromatic carbocycles. The van der Waals surface area contributed by atoms with Gasteiger partial charge in [-0.25, -0.2) is 0 Å². The molecule has 1 aliphatic rings. The number of carbonyl (C=O) groups is 1. The fourth-order valence-corrected chi connectivity index (χ4v) is 3.73. The van der Waals surface area contributed by atoms with Crippen molar-refractivity contribution in [3.05, 3.63) is 28.2 Å². The molecule has 0 radical (unpaired) electrons. The molecule has 0 unspecified atom stereocenters. The summed E-state index contributed by atoms with van der Waals surface area (Å²) in [5.74, 6) is 1.05. The van der Waals surface area contributed by atoms with Crippen molar-refractivity contribution in [3.8, 4) is 0 Å². The van der Waals surface area contributed by atoms with E-state index in [0.717, 1.165) is 23.3 Å². The second-order valence-electron chi connectivity index (χ2n) is 5.11. The molecule has 98 valence electrons. The summed E-state index contributed by atoms with van der Waals surface area (Å²) >= 11 is 5.29. The van der Waals surface area contributed by atoms with Crippen LogP contribution in [-0.4, -0.2) is 34.4 Å². The van der Waals surface area contributed by atoms with Gasteiger partial charge in [0.2, 0.25) is 0 Å². The molecule has 0 atom stereocenters. The number of nitrogens with two attached hydrogens (primary N) is 1. The van der Waals surface area contributed by atoms with Gasteiger partial charge in [-0.15, -0.1) is 0 Å². The van der Waals surface area contributed by atoms with Gasteiger partial charge in [0.05, 0.1) is 0 Å². The summed E-state index contributed by atoms with van der Waals surface area (Å²) in [6, 6.07) is 5.36. The minimum Gasteiger partial charge on any atom is -0.399 e. The van der Waals surface area contributed by atoms with Gasteiger partial charge in [0.25, 0.3) is 5.91 Å². The number of hydrogen-bond donors (Lipinski definition) is 1. The molecule has 1 saturated heterocycles. The zero-order chi connectivity index (χ0) is 13.3. The first-order chi connectivity index (χ1) is 8.37. The normalized spacial score (nSPS) is 18.7. The summed E-state index contributed by atoms with van der Waals surface area (Å²) in [6.07, 6.45) is 0. The highest BCUT2D eigenvalue weighted by Crippen LogP contribution is 2.30. The monoisotopic (exact) mass is 328 g/mol. The van der Waals surface area contributed by atoms with Crippen LogP contribution in [0.2, 0.25) is 0 Å². The summed E-state index contributed by atoms with van der Waals surface area (Å²) in [6.45, 7) is 5.93. The molecule has 0 aromatic heterocycles. The Morgan fingerprint density at radius 1 is 1.44 bits per heavy atom. The number of rotatable bonds is 1. The van der Waals surface area contributed by atoms with Crippen LogP contribution in [0.3, 0.4) is 0 Å². The zero-order valence-electron chi connectivity index (χ0n) is 10.6. The molecule has 0 spiro atoms. The lowest BCUT2D eigenvalue weighted by atomic mass is 10.1. The van der Waals surface area contributed by atoms with Crippen molar-refractivity contribution >= 4 is 39.3 Å². The molecule has 0 aliphatic carbocycles. The Morgan fingerprint density at radius 2 is 2.17 bits per heavy atom. The minimum atomic E-state index is 0.0661. The molecule has 1 aliphatic heterocycles. The predicted octanol–water partition coefficient (Wildman–Crippen LogP) is 3.00. The lowest BCUT2D eigenvalue weighted by molar-refractivity contribution is 0.0748. The highest BCUT2D eigenvalue weighted by atomic mass is 79.9. The number of carbonyl (C=O) groups excluding carboxylic acids is 1. The van der Waals surface area contributed by atoms with Crippen LogP contribution in [0.15, 0.2) is 22.7 Å². The van der Waals surface area contributed by atoms with Crippen LogP contribution in [0.4, 0.5) is 5.69 Å². The first-order valence-electron chi connectivity index (χ1n) is 5.87. The van der Waals surface area contributed by atoms with Gasteiger partial charge in [-0.2, -0.15) is 11.8 Å². The average Bonchev–Trinajstić information content (AvgIpc) is 2.25. The van der Waals surface area contributed by atoms with Crippen molar-refractivity contribution in [2.45, 2.75) is 18.6 Å². The summed E-state index contributed by atoms with van der Waals surface area (Å²) < 4.78 is 0.974. The van der Waals surface area contributed by atoms with Gasteiger partial charge in [-0.3, -0.25) is 4.79 Å². The molecular formula is C13H17BrN2OS. The van der Waals surface area contributed by atoms with E-state index in [9.17, 15) is 4.79 Å². The third kappa shape index (κ3) is 3.20. The van der Waals surface area contributed by atoms with E-state index in [2.05, 4.69) is 29.8 Å². The molecule has 0 saturated carbocycles. The average molecular weight is 329 g/mol. The Kier molecular flexibility index (Phi) is 3.92. The molecule has 0 bridgehead atoms.